The summed E-state index contributed by atoms with van der Waals surface area (Å²) in [6, 6.07) is 9.92. The molecule has 1 amide bonds. The molecule has 0 N–H and O–H groups in total. The molecule has 1 heterocycles. The van der Waals surface area contributed by atoms with E-state index in [1.807, 2.05) is 52.9 Å². The molecule has 1 unspecified atom stereocenters. The number of rotatable bonds is 8. The van der Waals surface area contributed by atoms with Crippen LogP contribution in [0.25, 0.3) is 0 Å². The number of esters is 1. The van der Waals surface area contributed by atoms with Crippen LogP contribution < -0.4 is 0 Å². The summed E-state index contributed by atoms with van der Waals surface area (Å²) in [6.45, 7) is 10.0. The number of ether oxygens (including phenoxy) is 2. The maximum absolute atomic E-state index is 12.6. The van der Waals surface area contributed by atoms with Crippen LogP contribution in [0.15, 0.2) is 30.3 Å². The van der Waals surface area contributed by atoms with Gasteiger partial charge in [-0.1, -0.05) is 30.3 Å². The van der Waals surface area contributed by atoms with Gasteiger partial charge >= 0.3 is 12.1 Å². The average Bonchev–Trinajstić information content (AvgIpc) is 2.68. The highest BCUT2D eigenvalue weighted by molar-refractivity contribution is 5.75. The molecule has 1 aromatic carbocycles. The van der Waals surface area contributed by atoms with Crippen molar-refractivity contribution >= 4 is 12.1 Å². The minimum Gasteiger partial charge on any atom is -0.465 e. The van der Waals surface area contributed by atoms with Crippen molar-refractivity contribution < 1.29 is 19.1 Å². The highest BCUT2D eigenvalue weighted by Gasteiger charge is 2.29. The number of benzene rings is 1. The second kappa shape index (κ2) is 11.3. The van der Waals surface area contributed by atoms with Crippen LogP contribution in [0.2, 0.25) is 0 Å². The molecular weight excluding hydrogens is 380 g/mol. The Bertz CT molecular complexity index is 664. The topological polar surface area (TPSA) is 59.1 Å². The van der Waals surface area contributed by atoms with Gasteiger partial charge in [0, 0.05) is 19.6 Å². The minimum absolute atomic E-state index is 0.151. The van der Waals surface area contributed by atoms with Gasteiger partial charge in [-0.3, -0.25) is 9.69 Å². The van der Waals surface area contributed by atoms with Gasteiger partial charge in [-0.15, -0.1) is 0 Å². The van der Waals surface area contributed by atoms with Crippen molar-refractivity contribution in [1.82, 2.24) is 9.80 Å². The summed E-state index contributed by atoms with van der Waals surface area (Å²) in [6.07, 6.45) is 3.37. The number of carbonyl (C=O) groups excluding carboxylic acids is 2. The highest BCUT2D eigenvalue weighted by Crippen LogP contribution is 2.25. The molecule has 168 valence electrons. The lowest BCUT2D eigenvalue weighted by molar-refractivity contribution is -0.149. The molecular formula is C24H38N2O4. The van der Waals surface area contributed by atoms with Crippen LogP contribution in [0.3, 0.4) is 0 Å². The summed E-state index contributed by atoms with van der Waals surface area (Å²) in [5.74, 6) is 0.355. The molecule has 0 aliphatic carbocycles. The molecule has 0 saturated carbocycles. The van der Waals surface area contributed by atoms with Gasteiger partial charge < -0.3 is 14.4 Å². The van der Waals surface area contributed by atoms with E-state index in [0.29, 0.717) is 32.2 Å². The van der Waals surface area contributed by atoms with Crippen molar-refractivity contribution in [2.75, 3.05) is 26.7 Å². The number of hydrogen-bond acceptors (Lipinski definition) is 5. The van der Waals surface area contributed by atoms with Gasteiger partial charge in [0.1, 0.15) is 11.6 Å². The Morgan fingerprint density at radius 3 is 2.37 bits per heavy atom. The van der Waals surface area contributed by atoms with E-state index in [2.05, 4.69) is 17.0 Å². The van der Waals surface area contributed by atoms with Crippen LogP contribution in [0.1, 0.15) is 58.9 Å². The van der Waals surface area contributed by atoms with Crippen molar-refractivity contribution in [2.45, 2.75) is 71.6 Å². The molecule has 1 aliphatic heterocycles. The van der Waals surface area contributed by atoms with E-state index in [0.717, 1.165) is 25.7 Å². The van der Waals surface area contributed by atoms with E-state index >= 15 is 0 Å². The quantitative estimate of drug-likeness (QED) is 0.583. The third kappa shape index (κ3) is 7.98. The van der Waals surface area contributed by atoms with Gasteiger partial charge in [-0.25, -0.2) is 4.79 Å². The largest absolute Gasteiger partial charge is 0.465 e. The number of hydrogen-bond donors (Lipinski definition) is 0. The van der Waals surface area contributed by atoms with Crippen LogP contribution in [-0.4, -0.2) is 60.2 Å². The number of carbonyl (C=O) groups is 2. The average molecular weight is 419 g/mol. The number of amides is 1. The summed E-state index contributed by atoms with van der Waals surface area (Å²) in [5.41, 5.74) is 0.712. The Balaban J connectivity index is 1.86. The lowest BCUT2D eigenvalue weighted by Crippen LogP contribution is -2.42. The van der Waals surface area contributed by atoms with Crippen molar-refractivity contribution in [3.05, 3.63) is 35.9 Å². The fourth-order valence-corrected chi connectivity index (χ4v) is 3.86. The highest BCUT2D eigenvalue weighted by atomic mass is 16.6. The zero-order valence-corrected chi connectivity index (χ0v) is 19.2. The number of piperidine rings is 1. The molecule has 2 rings (SSSR count). The molecule has 30 heavy (non-hydrogen) atoms. The van der Waals surface area contributed by atoms with Crippen molar-refractivity contribution in [3.63, 3.8) is 0 Å². The molecule has 1 saturated heterocycles. The normalized spacial score (nSPS) is 16.4. The Kier molecular flexibility index (Phi) is 9.15. The molecule has 0 radical (unpaired) electrons. The molecule has 1 fully saturated rings. The maximum Gasteiger partial charge on any atom is 0.410 e. The third-order valence-corrected chi connectivity index (χ3v) is 5.48. The fourth-order valence-electron chi connectivity index (χ4n) is 3.86. The first-order valence-corrected chi connectivity index (χ1v) is 11.1. The van der Waals surface area contributed by atoms with Gasteiger partial charge in [-0.2, -0.15) is 0 Å². The Morgan fingerprint density at radius 2 is 1.80 bits per heavy atom. The molecule has 6 nitrogen and oxygen atoms in total. The summed E-state index contributed by atoms with van der Waals surface area (Å²) in [4.78, 5) is 28.7. The predicted molar refractivity (Wildman–Crippen MR) is 118 cm³/mol. The Hall–Kier alpha value is -2.08. The zero-order valence-electron chi connectivity index (χ0n) is 19.2. The SMILES string of the molecule is CCOC(=O)C(CCC1CCN(C(=O)OC(C)(C)C)CC1)N(C)Cc1ccccc1. The Morgan fingerprint density at radius 1 is 1.17 bits per heavy atom. The lowest BCUT2D eigenvalue weighted by Gasteiger charge is -2.34. The van der Waals surface area contributed by atoms with E-state index in [-0.39, 0.29) is 18.1 Å². The molecule has 0 spiro atoms. The predicted octanol–water partition coefficient (Wildman–Crippen LogP) is 4.48. The van der Waals surface area contributed by atoms with Crippen LogP contribution in [0.5, 0.6) is 0 Å². The first-order chi connectivity index (χ1) is 14.2. The first-order valence-electron chi connectivity index (χ1n) is 11.1. The molecule has 1 atom stereocenters. The molecule has 0 bridgehead atoms. The fraction of sp³-hybridized carbons (Fsp3) is 0.667. The number of nitrogens with zero attached hydrogens (tertiary/aromatic N) is 2. The van der Waals surface area contributed by atoms with E-state index in [9.17, 15) is 9.59 Å². The molecule has 1 aromatic rings. The van der Waals surface area contributed by atoms with Crippen molar-refractivity contribution in [2.24, 2.45) is 5.92 Å². The van der Waals surface area contributed by atoms with Crippen LogP contribution >= 0.6 is 0 Å². The van der Waals surface area contributed by atoms with E-state index < -0.39 is 5.60 Å². The van der Waals surface area contributed by atoms with Gasteiger partial charge in [0.25, 0.3) is 0 Å². The van der Waals surface area contributed by atoms with E-state index in [1.165, 1.54) is 5.56 Å². The summed E-state index contributed by atoms with van der Waals surface area (Å²) >= 11 is 0. The molecule has 0 aromatic heterocycles. The number of likely N-dealkylation sites (tertiary alicyclic amines) is 1. The first kappa shape index (κ1) is 24.2. The maximum atomic E-state index is 12.6. The monoisotopic (exact) mass is 418 g/mol. The standard InChI is InChI=1S/C24H38N2O4/c1-6-29-22(27)21(25(5)18-20-10-8-7-9-11-20)13-12-19-14-16-26(17-15-19)23(28)30-24(2,3)4/h7-11,19,21H,6,12-18H2,1-5H3. The van der Waals surface area contributed by atoms with Crippen LogP contribution in [-0.2, 0) is 20.8 Å². The summed E-state index contributed by atoms with van der Waals surface area (Å²) in [5, 5.41) is 0. The summed E-state index contributed by atoms with van der Waals surface area (Å²) < 4.78 is 10.8. The smallest absolute Gasteiger partial charge is 0.410 e. The Labute approximate surface area is 181 Å². The van der Waals surface area contributed by atoms with E-state index in [1.54, 1.807) is 4.90 Å². The van der Waals surface area contributed by atoms with Crippen LogP contribution in [0.4, 0.5) is 4.79 Å². The number of likely N-dealkylation sites (N-methyl/N-ethyl adjacent to an activating group) is 1. The second-order valence-corrected chi connectivity index (χ2v) is 9.16. The van der Waals surface area contributed by atoms with Crippen molar-refractivity contribution in [1.29, 1.82) is 0 Å². The van der Waals surface area contributed by atoms with Gasteiger partial charge in [0.15, 0.2) is 0 Å². The van der Waals surface area contributed by atoms with Gasteiger partial charge in [0.2, 0.25) is 0 Å². The van der Waals surface area contributed by atoms with Gasteiger partial charge in [-0.05, 0) is 71.9 Å². The minimum atomic E-state index is -0.468. The van der Waals surface area contributed by atoms with Crippen molar-refractivity contribution in [3.8, 4) is 0 Å². The molecule has 6 heteroatoms. The zero-order chi connectivity index (χ0) is 22.1. The van der Waals surface area contributed by atoms with Gasteiger partial charge in [0.05, 0.1) is 6.61 Å². The van der Waals surface area contributed by atoms with Crippen LogP contribution in [0, 0.1) is 5.92 Å². The lowest BCUT2D eigenvalue weighted by atomic mass is 9.90. The third-order valence-electron chi connectivity index (χ3n) is 5.48. The second-order valence-electron chi connectivity index (χ2n) is 9.16. The van der Waals surface area contributed by atoms with E-state index in [4.69, 9.17) is 9.47 Å². The molecule has 1 aliphatic rings. The summed E-state index contributed by atoms with van der Waals surface area (Å²) in [7, 11) is 1.99.